The Morgan fingerprint density at radius 3 is 2.95 bits per heavy atom. The molecule has 2 aromatic heterocycles. The molecule has 0 spiro atoms. The molecule has 3 N–H and O–H groups in total. The minimum atomic E-state index is 0.542. The molecule has 1 aliphatic carbocycles. The molecule has 2 heterocycles. The lowest BCUT2D eigenvalue weighted by molar-refractivity contribution is 0.517. The fourth-order valence-corrected chi connectivity index (χ4v) is 3.66. The van der Waals surface area contributed by atoms with Crippen LogP contribution < -0.4 is 5.73 Å². The molecule has 0 saturated carbocycles. The Bertz CT molecular complexity index is 791. The fraction of sp³-hybridized carbons (Fsp3) is 0.333. The van der Waals surface area contributed by atoms with Gasteiger partial charge in [0.2, 0.25) is 0 Å². The Balaban J connectivity index is 1.68. The van der Waals surface area contributed by atoms with Crippen molar-refractivity contribution >= 4 is 16.9 Å². The van der Waals surface area contributed by atoms with E-state index in [0.29, 0.717) is 11.7 Å². The fourth-order valence-electron chi connectivity index (χ4n) is 3.66. The summed E-state index contributed by atoms with van der Waals surface area (Å²) in [7, 11) is 0. The molecule has 1 aromatic carbocycles. The van der Waals surface area contributed by atoms with E-state index >= 15 is 0 Å². The monoisotopic (exact) mass is 292 g/mol. The van der Waals surface area contributed by atoms with Crippen molar-refractivity contribution in [2.45, 2.75) is 38.0 Å². The molecule has 22 heavy (non-hydrogen) atoms. The molecule has 4 nitrogen and oxygen atoms in total. The van der Waals surface area contributed by atoms with Gasteiger partial charge in [0.05, 0.1) is 11.8 Å². The number of hydrogen-bond acceptors (Lipinski definition) is 3. The van der Waals surface area contributed by atoms with E-state index < -0.39 is 0 Å². The van der Waals surface area contributed by atoms with E-state index in [0.717, 1.165) is 30.3 Å². The maximum Gasteiger partial charge on any atom is 0.151 e. The van der Waals surface area contributed by atoms with Crippen molar-refractivity contribution in [3.05, 3.63) is 53.5 Å². The zero-order chi connectivity index (χ0) is 14.9. The standard InChI is InChI=1S/C18H20N4/c19-18-17-16(20-11-21-17)15-13(7-4-8-14(15)22-18)10-9-12-5-2-1-3-6-12/h1-3,5-6,11,13H,4,7-10H2,(H2,19,22)(H,20,21). The summed E-state index contributed by atoms with van der Waals surface area (Å²) in [6.07, 6.45) is 7.42. The highest BCUT2D eigenvalue weighted by Gasteiger charge is 2.25. The van der Waals surface area contributed by atoms with Crippen molar-refractivity contribution in [2.75, 3.05) is 5.73 Å². The first kappa shape index (κ1) is 13.3. The van der Waals surface area contributed by atoms with Gasteiger partial charge in [0.15, 0.2) is 5.82 Å². The molecule has 0 aliphatic heterocycles. The third-order valence-corrected chi connectivity index (χ3v) is 4.72. The van der Waals surface area contributed by atoms with Crippen LogP contribution in [0.25, 0.3) is 11.0 Å². The summed E-state index contributed by atoms with van der Waals surface area (Å²) in [4.78, 5) is 12.2. The van der Waals surface area contributed by atoms with Gasteiger partial charge in [-0.2, -0.15) is 0 Å². The number of nitrogen functional groups attached to an aromatic ring is 1. The van der Waals surface area contributed by atoms with Crippen LogP contribution in [-0.4, -0.2) is 15.0 Å². The Labute approximate surface area is 129 Å². The van der Waals surface area contributed by atoms with Crippen molar-refractivity contribution in [1.29, 1.82) is 0 Å². The largest absolute Gasteiger partial charge is 0.382 e. The highest BCUT2D eigenvalue weighted by molar-refractivity contribution is 5.88. The molecule has 4 heteroatoms. The van der Waals surface area contributed by atoms with E-state index in [4.69, 9.17) is 5.73 Å². The number of aromatic nitrogens is 3. The highest BCUT2D eigenvalue weighted by Crippen LogP contribution is 2.38. The number of aromatic amines is 1. The molecular weight excluding hydrogens is 272 g/mol. The molecular formula is C18H20N4. The number of H-pyrrole nitrogens is 1. The molecule has 4 rings (SSSR count). The van der Waals surface area contributed by atoms with Gasteiger partial charge in [-0.25, -0.2) is 9.97 Å². The van der Waals surface area contributed by atoms with Gasteiger partial charge in [0, 0.05) is 11.3 Å². The van der Waals surface area contributed by atoms with Gasteiger partial charge in [0.1, 0.15) is 5.52 Å². The summed E-state index contributed by atoms with van der Waals surface area (Å²) in [5.74, 6) is 1.10. The van der Waals surface area contributed by atoms with Crippen LogP contribution in [0.1, 0.15) is 42.0 Å². The Morgan fingerprint density at radius 2 is 2.09 bits per heavy atom. The first-order valence-electron chi connectivity index (χ1n) is 7.98. The number of anilines is 1. The van der Waals surface area contributed by atoms with E-state index in [1.165, 1.54) is 29.7 Å². The zero-order valence-electron chi connectivity index (χ0n) is 12.5. The van der Waals surface area contributed by atoms with Crippen LogP contribution in [0, 0.1) is 0 Å². The van der Waals surface area contributed by atoms with Crippen molar-refractivity contribution in [1.82, 2.24) is 15.0 Å². The number of rotatable bonds is 3. The van der Waals surface area contributed by atoms with Crippen molar-refractivity contribution in [3.63, 3.8) is 0 Å². The summed E-state index contributed by atoms with van der Waals surface area (Å²) in [6, 6.07) is 10.7. The Morgan fingerprint density at radius 1 is 1.23 bits per heavy atom. The molecule has 0 fully saturated rings. The van der Waals surface area contributed by atoms with Gasteiger partial charge in [-0.3, -0.25) is 0 Å². The van der Waals surface area contributed by atoms with Gasteiger partial charge in [-0.15, -0.1) is 0 Å². The number of nitrogens with one attached hydrogen (secondary N) is 1. The first-order valence-corrected chi connectivity index (χ1v) is 7.98. The second-order valence-corrected chi connectivity index (χ2v) is 6.10. The number of fused-ring (bicyclic) bond motifs is 3. The lowest BCUT2D eigenvalue weighted by Gasteiger charge is -2.25. The van der Waals surface area contributed by atoms with Gasteiger partial charge in [0.25, 0.3) is 0 Å². The maximum atomic E-state index is 6.04. The SMILES string of the molecule is Nc1nc2c(c3[nH]cnc13)C(CCc1ccccc1)CCC2. The first-order chi connectivity index (χ1) is 10.8. The second-order valence-electron chi connectivity index (χ2n) is 6.10. The number of aryl methyl sites for hydroxylation is 2. The van der Waals surface area contributed by atoms with Gasteiger partial charge >= 0.3 is 0 Å². The summed E-state index contributed by atoms with van der Waals surface area (Å²) >= 11 is 0. The van der Waals surface area contributed by atoms with E-state index in [9.17, 15) is 0 Å². The van der Waals surface area contributed by atoms with Crippen LogP contribution in [-0.2, 0) is 12.8 Å². The van der Waals surface area contributed by atoms with Crippen LogP contribution in [0.5, 0.6) is 0 Å². The maximum absolute atomic E-state index is 6.04. The summed E-state index contributed by atoms with van der Waals surface area (Å²) in [5.41, 5.74) is 11.9. The molecule has 1 atom stereocenters. The number of nitrogens with zero attached hydrogens (tertiary/aromatic N) is 2. The minimum Gasteiger partial charge on any atom is -0.382 e. The summed E-state index contributed by atoms with van der Waals surface area (Å²) < 4.78 is 0. The van der Waals surface area contributed by atoms with Crippen molar-refractivity contribution in [3.8, 4) is 0 Å². The lowest BCUT2D eigenvalue weighted by Crippen LogP contribution is -2.14. The van der Waals surface area contributed by atoms with Gasteiger partial charge < -0.3 is 10.7 Å². The molecule has 0 radical (unpaired) electrons. The number of nitrogens with two attached hydrogens (primary N) is 1. The van der Waals surface area contributed by atoms with Crippen molar-refractivity contribution < 1.29 is 0 Å². The smallest absolute Gasteiger partial charge is 0.151 e. The van der Waals surface area contributed by atoms with E-state index in [1.807, 2.05) is 0 Å². The second kappa shape index (κ2) is 5.44. The predicted octanol–water partition coefficient (Wildman–Crippen LogP) is 3.59. The van der Waals surface area contributed by atoms with E-state index in [-0.39, 0.29) is 0 Å². The van der Waals surface area contributed by atoms with E-state index in [1.54, 1.807) is 6.33 Å². The Hall–Kier alpha value is -2.36. The van der Waals surface area contributed by atoms with Crippen LogP contribution in [0.15, 0.2) is 36.7 Å². The molecule has 0 bridgehead atoms. The average molecular weight is 292 g/mol. The molecule has 112 valence electrons. The predicted molar refractivity (Wildman–Crippen MR) is 88.7 cm³/mol. The lowest BCUT2D eigenvalue weighted by atomic mass is 9.81. The quantitative estimate of drug-likeness (QED) is 0.775. The third-order valence-electron chi connectivity index (χ3n) is 4.72. The molecule has 3 aromatic rings. The van der Waals surface area contributed by atoms with Crippen LogP contribution in [0.4, 0.5) is 5.82 Å². The highest BCUT2D eigenvalue weighted by atomic mass is 15.0. The summed E-state index contributed by atoms with van der Waals surface area (Å²) in [6.45, 7) is 0. The topological polar surface area (TPSA) is 67.6 Å². The van der Waals surface area contributed by atoms with Crippen LogP contribution in [0.3, 0.4) is 0 Å². The minimum absolute atomic E-state index is 0.542. The van der Waals surface area contributed by atoms with E-state index in [2.05, 4.69) is 45.3 Å². The van der Waals surface area contributed by atoms with Crippen LogP contribution >= 0.6 is 0 Å². The number of imidazole rings is 1. The number of benzene rings is 1. The summed E-state index contributed by atoms with van der Waals surface area (Å²) in [5, 5.41) is 0. The van der Waals surface area contributed by atoms with Gasteiger partial charge in [-0.1, -0.05) is 30.3 Å². The average Bonchev–Trinajstić information content (AvgIpc) is 3.04. The molecule has 1 unspecified atom stereocenters. The van der Waals surface area contributed by atoms with Crippen LogP contribution in [0.2, 0.25) is 0 Å². The third kappa shape index (κ3) is 2.25. The molecule has 0 amide bonds. The zero-order valence-corrected chi connectivity index (χ0v) is 12.5. The number of pyridine rings is 1. The molecule has 0 saturated heterocycles. The Kier molecular flexibility index (Phi) is 3.29. The normalized spacial score (nSPS) is 17.5. The van der Waals surface area contributed by atoms with Gasteiger partial charge in [-0.05, 0) is 43.6 Å². The van der Waals surface area contributed by atoms with Crippen molar-refractivity contribution in [2.24, 2.45) is 0 Å². The number of hydrogen-bond donors (Lipinski definition) is 2. The molecule has 1 aliphatic rings.